The van der Waals surface area contributed by atoms with Gasteiger partial charge in [0.05, 0.1) is 6.42 Å². The van der Waals surface area contributed by atoms with Crippen LogP contribution in [-0.2, 0) is 4.79 Å². The van der Waals surface area contributed by atoms with Gasteiger partial charge < -0.3 is 20.6 Å². The molecule has 0 radical (unpaired) electrons. The summed E-state index contributed by atoms with van der Waals surface area (Å²) < 4.78 is 0. The molecule has 0 spiro atoms. The number of piperidine rings is 1. The molecule has 1 fully saturated rings. The second-order valence-electron chi connectivity index (χ2n) is 4.96. The smallest absolute Gasteiger partial charge is 0.314 e. The number of primary amides is 1. The molecule has 0 bridgehead atoms. The Morgan fingerprint density at radius 3 is 2.10 bits per heavy atom. The molecule has 0 aromatic carbocycles. The number of carboxylic acid groups (broad SMARTS) is 1. The number of rotatable bonds is 6. The van der Waals surface area contributed by atoms with Crippen molar-refractivity contribution in [3.8, 4) is 0 Å². The number of nitrogens with two attached hydrogens (primary N) is 1. The Balaban J connectivity index is 0.000000367. The Morgan fingerprint density at radius 2 is 1.75 bits per heavy atom. The number of nitrogens with zero attached hydrogens (tertiary/aromatic N) is 2. The summed E-state index contributed by atoms with van der Waals surface area (Å²) in [4.78, 5) is 24.5. The van der Waals surface area contributed by atoms with Gasteiger partial charge in [-0.15, -0.1) is 0 Å². The molecule has 0 saturated carbocycles. The maximum absolute atomic E-state index is 10.5. The van der Waals surface area contributed by atoms with Crippen molar-refractivity contribution in [2.24, 2.45) is 5.73 Å². The highest BCUT2D eigenvalue weighted by Gasteiger charge is 2.11. The highest BCUT2D eigenvalue weighted by atomic mass is 16.4. The monoisotopic (exact) mass is 287 g/mol. The highest BCUT2D eigenvalue weighted by Crippen LogP contribution is 2.07. The molecule has 1 aliphatic heterocycles. The van der Waals surface area contributed by atoms with Crippen molar-refractivity contribution in [3.63, 3.8) is 0 Å². The van der Waals surface area contributed by atoms with Gasteiger partial charge in [-0.25, -0.2) is 4.79 Å². The number of carbonyl (C=O) groups is 2. The van der Waals surface area contributed by atoms with Crippen LogP contribution < -0.4 is 5.73 Å². The largest absolute Gasteiger partial charge is 0.481 e. The minimum absolute atomic E-state index is 0.258. The second-order valence-corrected chi connectivity index (χ2v) is 4.96. The fraction of sp³-hybridized carbons (Fsp3) is 0.857. The summed E-state index contributed by atoms with van der Waals surface area (Å²) in [6.07, 6.45) is 4.82. The third-order valence-electron chi connectivity index (χ3n) is 3.30. The first kappa shape index (κ1) is 18.7. The van der Waals surface area contributed by atoms with Crippen molar-refractivity contribution >= 4 is 12.0 Å². The number of amides is 2. The van der Waals surface area contributed by atoms with E-state index in [9.17, 15) is 9.59 Å². The fourth-order valence-electron chi connectivity index (χ4n) is 2.11. The third kappa shape index (κ3) is 9.61. The van der Waals surface area contributed by atoms with E-state index in [1.807, 2.05) is 0 Å². The molecule has 0 aromatic heterocycles. The number of carbonyl (C=O) groups excluding carboxylic acids is 1. The van der Waals surface area contributed by atoms with E-state index < -0.39 is 5.97 Å². The SMILES string of the molecule is CCCN(CC)CCC(=O)O.NC(=O)N1CCCCC1. The molecule has 6 heteroatoms. The van der Waals surface area contributed by atoms with Crippen LogP contribution in [0.3, 0.4) is 0 Å². The van der Waals surface area contributed by atoms with Crippen LogP contribution in [0.2, 0.25) is 0 Å². The number of hydrogen-bond acceptors (Lipinski definition) is 3. The van der Waals surface area contributed by atoms with Gasteiger partial charge in [-0.05, 0) is 38.8 Å². The predicted molar refractivity (Wildman–Crippen MR) is 79.7 cm³/mol. The quantitative estimate of drug-likeness (QED) is 0.779. The molecule has 0 atom stereocenters. The van der Waals surface area contributed by atoms with E-state index in [-0.39, 0.29) is 12.5 Å². The zero-order valence-corrected chi connectivity index (χ0v) is 12.8. The molecule has 2 amide bonds. The van der Waals surface area contributed by atoms with Crippen molar-refractivity contribution in [1.82, 2.24) is 9.80 Å². The molecule has 20 heavy (non-hydrogen) atoms. The molecule has 1 heterocycles. The normalized spacial score (nSPS) is 14.7. The van der Waals surface area contributed by atoms with Crippen LogP contribution in [-0.4, -0.2) is 59.6 Å². The summed E-state index contributed by atoms with van der Waals surface area (Å²) in [7, 11) is 0. The molecule has 1 aliphatic rings. The van der Waals surface area contributed by atoms with Gasteiger partial charge in [-0.2, -0.15) is 0 Å². The summed E-state index contributed by atoms with van der Waals surface area (Å²) in [5.41, 5.74) is 5.05. The zero-order valence-electron chi connectivity index (χ0n) is 12.8. The maximum atomic E-state index is 10.5. The fourth-order valence-corrected chi connectivity index (χ4v) is 2.11. The lowest BCUT2D eigenvalue weighted by atomic mass is 10.1. The lowest BCUT2D eigenvalue weighted by molar-refractivity contribution is -0.137. The Hall–Kier alpha value is -1.30. The van der Waals surface area contributed by atoms with Gasteiger partial charge in [0.2, 0.25) is 0 Å². The molecule has 0 aliphatic carbocycles. The van der Waals surface area contributed by atoms with E-state index in [4.69, 9.17) is 10.8 Å². The topological polar surface area (TPSA) is 86.9 Å². The van der Waals surface area contributed by atoms with Gasteiger partial charge in [-0.3, -0.25) is 4.79 Å². The predicted octanol–water partition coefficient (Wildman–Crippen LogP) is 1.74. The average Bonchev–Trinajstić information content (AvgIpc) is 2.45. The van der Waals surface area contributed by atoms with Crippen LogP contribution in [0.5, 0.6) is 0 Å². The molecular weight excluding hydrogens is 258 g/mol. The molecule has 118 valence electrons. The van der Waals surface area contributed by atoms with Gasteiger partial charge in [0.1, 0.15) is 0 Å². The van der Waals surface area contributed by atoms with Gasteiger partial charge in [0.15, 0.2) is 0 Å². The standard InChI is InChI=1S/C8H17NO2.C6H12N2O/c1-3-6-9(4-2)7-5-8(10)11;7-6(9)8-4-2-1-3-5-8/h3-7H2,1-2H3,(H,10,11);1-5H2,(H2,7,9). The third-order valence-corrected chi connectivity index (χ3v) is 3.30. The van der Waals surface area contributed by atoms with Crippen molar-refractivity contribution in [2.45, 2.75) is 46.0 Å². The molecule has 6 nitrogen and oxygen atoms in total. The van der Waals surface area contributed by atoms with E-state index in [1.165, 1.54) is 6.42 Å². The molecule has 0 aromatic rings. The average molecular weight is 287 g/mol. The van der Waals surface area contributed by atoms with E-state index >= 15 is 0 Å². The molecule has 0 unspecified atom stereocenters. The first-order chi connectivity index (χ1) is 9.51. The number of likely N-dealkylation sites (tertiary alicyclic amines) is 1. The summed E-state index contributed by atoms with van der Waals surface area (Å²) >= 11 is 0. The lowest BCUT2D eigenvalue weighted by Gasteiger charge is -2.24. The zero-order chi connectivity index (χ0) is 15.4. The summed E-state index contributed by atoms with van der Waals surface area (Å²) in [5, 5.41) is 8.40. The number of hydrogen-bond donors (Lipinski definition) is 2. The van der Waals surface area contributed by atoms with Crippen LogP contribution in [0.1, 0.15) is 46.0 Å². The summed E-state index contributed by atoms with van der Waals surface area (Å²) in [6, 6.07) is -0.269. The van der Waals surface area contributed by atoms with Crippen LogP contribution in [0, 0.1) is 0 Å². The van der Waals surface area contributed by atoms with Crippen molar-refractivity contribution < 1.29 is 14.7 Å². The van der Waals surface area contributed by atoms with E-state index in [1.54, 1.807) is 4.90 Å². The summed E-state index contributed by atoms with van der Waals surface area (Å²) in [6.45, 7) is 8.50. The molecule has 3 N–H and O–H groups in total. The van der Waals surface area contributed by atoms with Gasteiger partial charge in [-0.1, -0.05) is 13.8 Å². The highest BCUT2D eigenvalue weighted by molar-refractivity contribution is 5.72. The number of carboxylic acids is 1. The minimum atomic E-state index is -0.709. The Morgan fingerprint density at radius 1 is 1.15 bits per heavy atom. The van der Waals surface area contributed by atoms with Crippen LogP contribution in [0.15, 0.2) is 0 Å². The lowest BCUT2D eigenvalue weighted by Crippen LogP contribution is -2.39. The van der Waals surface area contributed by atoms with Gasteiger partial charge in [0.25, 0.3) is 0 Å². The van der Waals surface area contributed by atoms with Crippen molar-refractivity contribution in [3.05, 3.63) is 0 Å². The van der Waals surface area contributed by atoms with Crippen LogP contribution in [0.25, 0.3) is 0 Å². The van der Waals surface area contributed by atoms with Gasteiger partial charge >= 0.3 is 12.0 Å². The van der Waals surface area contributed by atoms with Gasteiger partial charge in [0, 0.05) is 19.6 Å². The van der Waals surface area contributed by atoms with Crippen molar-refractivity contribution in [1.29, 1.82) is 0 Å². The van der Waals surface area contributed by atoms with Crippen molar-refractivity contribution in [2.75, 3.05) is 32.7 Å². The summed E-state index contributed by atoms with van der Waals surface area (Å²) in [5.74, 6) is -0.709. The Kier molecular flexibility index (Phi) is 10.8. The number of urea groups is 1. The van der Waals surface area contributed by atoms with E-state index in [0.29, 0.717) is 6.54 Å². The number of aliphatic carboxylic acids is 1. The second kappa shape index (κ2) is 11.5. The first-order valence-corrected chi connectivity index (χ1v) is 7.49. The van der Waals surface area contributed by atoms with Crippen LogP contribution >= 0.6 is 0 Å². The van der Waals surface area contributed by atoms with E-state index in [2.05, 4.69) is 18.7 Å². The minimum Gasteiger partial charge on any atom is -0.481 e. The maximum Gasteiger partial charge on any atom is 0.314 e. The molecule has 1 rings (SSSR count). The Labute approximate surface area is 121 Å². The van der Waals surface area contributed by atoms with Crippen LogP contribution in [0.4, 0.5) is 4.79 Å². The molecule has 1 saturated heterocycles. The Bertz CT molecular complexity index is 279. The first-order valence-electron chi connectivity index (χ1n) is 7.49. The molecular formula is C14H29N3O3. The van der Waals surface area contributed by atoms with E-state index in [0.717, 1.165) is 45.4 Å².